The average molecular weight is 423 g/mol. The Hall–Kier alpha value is -3.58. The zero-order chi connectivity index (χ0) is 20.7. The first-order chi connectivity index (χ1) is 14.6. The molecule has 3 aromatic rings. The van der Waals surface area contributed by atoms with Gasteiger partial charge >= 0.3 is 0 Å². The molecule has 0 fully saturated rings. The maximum absolute atomic E-state index is 14.1. The van der Waals surface area contributed by atoms with E-state index in [9.17, 15) is 8.78 Å². The maximum Gasteiger partial charge on any atom is 0.163 e. The van der Waals surface area contributed by atoms with Gasteiger partial charge in [-0.1, -0.05) is 28.9 Å². The van der Waals surface area contributed by atoms with Crippen LogP contribution in [0.25, 0.3) is 34.0 Å². The van der Waals surface area contributed by atoms with E-state index in [1.54, 1.807) is 48.7 Å². The van der Waals surface area contributed by atoms with Crippen molar-refractivity contribution in [3.63, 3.8) is 0 Å². The van der Waals surface area contributed by atoms with E-state index in [0.29, 0.717) is 51.4 Å². The molecule has 1 aromatic heterocycles. The van der Waals surface area contributed by atoms with Gasteiger partial charge in [0, 0.05) is 29.0 Å². The van der Waals surface area contributed by atoms with Crippen LogP contribution in [-0.4, -0.2) is 19.7 Å². The minimum Gasteiger partial charge on any atom is -0.359 e. The number of halogens is 3. The molecule has 30 heavy (non-hydrogen) atoms. The van der Waals surface area contributed by atoms with E-state index in [2.05, 4.69) is 15.1 Å². The molecular formula is C22H13ClF2N4O. The van der Waals surface area contributed by atoms with Crippen LogP contribution in [0.5, 0.6) is 0 Å². The van der Waals surface area contributed by atoms with E-state index < -0.39 is 5.82 Å². The van der Waals surface area contributed by atoms with Gasteiger partial charge in [0.25, 0.3) is 0 Å². The quantitative estimate of drug-likeness (QED) is 0.373. The molecule has 3 heterocycles. The normalized spacial score (nSPS) is 11.3. The number of pyridine rings is 1. The fourth-order valence-electron chi connectivity index (χ4n) is 3.20. The summed E-state index contributed by atoms with van der Waals surface area (Å²) >= 11 is 5.80. The van der Waals surface area contributed by atoms with Gasteiger partial charge in [0.1, 0.15) is 23.0 Å². The highest BCUT2D eigenvalue weighted by atomic mass is 35.5. The van der Waals surface area contributed by atoms with E-state index >= 15 is 0 Å². The molecule has 0 bridgehead atoms. The predicted molar refractivity (Wildman–Crippen MR) is 108 cm³/mol. The number of hydrogen-bond acceptors (Lipinski definition) is 4. The van der Waals surface area contributed by atoms with Crippen molar-refractivity contribution in [2.24, 2.45) is 0 Å². The van der Waals surface area contributed by atoms with Crippen LogP contribution in [-0.2, 0) is 6.54 Å². The summed E-state index contributed by atoms with van der Waals surface area (Å²) in [6.07, 6.45) is 3.60. The smallest absolute Gasteiger partial charge is 0.163 e. The van der Waals surface area contributed by atoms with Crippen LogP contribution in [0, 0.1) is 11.6 Å². The highest BCUT2D eigenvalue weighted by Crippen LogP contribution is 2.28. The van der Waals surface area contributed by atoms with Crippen molar-refractivity contribution in [3.05, 3.63) is 89.4 Å². The van der Waals surface area contributed by atoms with Gasteiger partial charge in [-0.3, -0.25) is 0 Å². The number of nitrogens with zero attached hydrogens (tertiary/aromatic N) is 4. The summed E-state index contributed by atoms with van der Waals surface area (Å²) in [5.74, 6) is 0.0343. The maximum atomic E-state index is 14.1. The van der Waals surface area contributed by atoms with Gasteiger partial charge in [0.2, 0.25) is 0 Å². The van der Waals surface area contributed by atoms with Crippen molar-refractivity contribution in [1.82, 2.24) is 19.7 Å². The molecule has 0 atom stereocenters. The standard InChI is InChI=1S/C22H13ClF2N4O/c23-13-5-6-15(18(25)9-13)20-10-14(30-28-20)11-29-8-7-19-21(12-29)27-22(26-19)16-3-1-2-4-17(16)24/h1-10,12H,11H2. The first-order valence-electron chi connectivity index (χ1n) is 9.06. The van der Waals surface area contributed by atoms with E-state index in [1.807, 2.05) is 10.8 Å². The molecule has 0 radical (unpaired) electrons. The molecule has 2 aromatic carbocycles. The summed E-state index contributed by atoms with van der Waals surface area (Å²) in [5, 5.41) is 4.26. The van der Waals surface area contributed by atoms with Crippen LogP contribution in [0.3, 0.4) is 0 Å². The third kappa shape index (κ3) is 3.44. The zero-order valence-corrected chi connectivity index (χ0v) is 16.1. The van der Waals surface area contributed by atoms with Crippen LogP contribution in [0.1, 0.15) is 5.76 Å². The second-order valence-electron chi connectivity index (χ2n) is 6.72. The minimum atomic E-state index is -0.468. The first-order valence-corrected chi connectivity index (χ1v) is 9.44. The highest BCUT2D eigenvalue weighted by molar-refractivity contribution is 6.30. The number of fused-ring (bicyclic) bond motifs is 1. The fraction of sp³-hybridized carbons (Fsp3) is 0.0455. The molecule has 0 saturated heterocycles. The Morgan fingerprint density at radius 3 is 2.53 bits per heavy atom. The molecular weight excluding hydrogens is 410 g/mol. The van der Waals surface area contributed by atoms with Gasteiger partial charge in [0.15, 0.2) is 11.6 Å². The monoisotopic (exact) mass is 422 g/mol. The minimum absolute atomic E-state index is 0.311. The zero-order valence-electron chi connectivity index (χ0n) is 15.4. The molecule has 0 aliphatic carbocycles. The summed E-state index contributed by atoms with van der Waals surface area (Å²) in [7, 11) is 0. The van der Waals surface area contributed by atoms with Crippen LogP contribution < -0.4 is 0 Å². The van der Waals surface area contributed by atoms with E-state index in [0.717, 1.165) is 0 Å². The van der Waals surface area contributed by atoms with Gasteiger partial charge in [-0.25, -0.2) is 18.7 Å². The number of imidazole rings is 1. The van der Waals surface area contributed by atoms with Crippen LogP contribution in [0.2, 0.25) is 5.02 Å². The van der Waals surface area contributed by atoms with Crippen LogP contribution in [0.15, 0.2) is 71.5 Å². The molecule has 2 aliphatic rings. The lowest BCUT2D eigenvalue weighted by Gasteiger charge is -2.04. The van der Waals surface area contributed by atoms with Crippen molar-refractivity contribution in [2.45, 2.75) is 6.54 Å². The van der Waals surface area contributed by atoms with Crippen molar-refractivity contribution >= 4 is 11.6 Å². The largest absolute Gasteiger partial charge is 0.359 e. The summed E-state index contributed by atoms with van der Waals surface area (Å²) in [6, 6.07) is 14.2. The van der Waals surface area contributed by atoms with Gasteiger partial charge in [-0.2, -0.15) is 0 Å². The predicted octanol–water partition coefficient (Wildman–Crippen LogP) is 5.68. The van der Waals surface area contributed by atoms with Gasteiger partial charge in [-0.05, 0) is 36.4 Å². The lowest BCUT2D eigenvalue weighted by atomic mass is 10.1. The number of hydrogen-bond donors (Lipinski definition) is 0. The second kappa shape index (κ2) is 7.35. The molecule has 5 rings (SSSR count). The third-order valence-corrected chi connectivity index (χ3v) is 4.88. The molecule has 0 N–H and O–H groups in total. The molecule has 0 unspecified atom stereocenters. The van der Waals surface area contributed by atoms with Gasteiger partial charge in [-0.15, -0.1) is 0 Å². The summed E-state index contributed by atoms with van der Waals surface area (Å²) in [4.78, 5) is 8.84. The Kier molecular flexibility index (Phi) is 4.52. The molecule has 0 spiro atoms. The first kappa shape index (κ1) is 18.4. The molecule has 148 valence electrons. The van der Waals surface area contributed by atoms with Crippen molar-refractivity contribution in [2.75, 3.05) is 0 Å². The molecule has 8 heteroatoms. The lowest BCUT2D eigenvalue weighted by Crippen LogP contribution is -1.99. The Morgan fingerprint density at radius 2 is 1.70 bits per heavy atom. The molecule has 0 amide bonds. The number of aromatic nitrogens is 4. The summed E-state index contributed by atoms with van der Waals surface area (Å²) in [6.45, 7) is 0.361. The summed E-state index contributed by atoms with van der Waals surface area (Å²) in [5.41, 5.74) is 2.33. The number of benzene rings is 2. The second-order valence-corrected chi connectivity index (χ2v) is 7.15. The van der Waals surface area contributed by atoms with E-state index in [1.165, 1.54) is 12.1 Å². The van der Waals surface area contributed by atoms with Crippen LogP contribution in [0.4, 0.5) is 8.78 Å². The highest BCUT2D eigenvalue weighted by Gasteiger charge is 2.16. The van der Waals surface area contributed by atoms with Gasteiger partial charge in [0.05, 0.1) is 17.8 Å². The van der Waals surface area contributed by atoms with Crippen LogP contribution >= 0.6 is 11.6 Å². The van der Waals surface area contributed by atoms with Crippen molar-refractivity contribution in [3.8, 4) is 34.0 Å². The van der Waals surface area contributed by atoms with E-state index in [4.69, 9.17) is 16.1 Å². The number of rotatable bonds is 4. The molecule has 5 nitrogen and oxygen atoms in total. The van der Waals surface area contributed by atoms with Crippen molar-refractivity contribution < 1.29 is 13.3 Å². The lowest BCUT2D eigenvalue weighted by molar-refractivity contribution is 0.378. The molecule has 2 aliphatic heterocycles. The van der Waals surface area contributed by atoms with Gasteiger partial charge < -0.3 is 9.09 Å². The Morgan fingerprint density at radius 1 is 0.867 bits per heavy atom. The fourth-order valence-corrected chi connectivity index (χ4v) is 3.36. The Bertz CT molecular complexity index is 1330. The van der Waals surface area contributed by atoms with E-state index in [-0.39, 0.29) is 5.82 Å². The average Bonchev–Trinajstić information content (AvgIpc) is 3.35. The SMILES string of the molecule is Fc1cc(Cl)ccc1-c1cc(Cn2ccc3nc(-c4ccccc4F)nc-3c2)on1. The third-order valence-electron chi connectivity index (χ3n) is 4.65. The Balaban J connectivity index is 1.42. The molecule has 0 saturated carbocycles. The Labute approximate surface area is 174 Å². The summed E-state index contributed by atoms with van der Waals surface area (Å²) < 4.78 is 35.3. The van der Waals surface area contributed by atoms with Crippen molar-refractivity contribution in [1.29, 1.82) is 0 Å². The topological polar surface area (TPSA) is 56.7 Å².